The van der Waals surface area contributed by atoms with Crippen LogP contribution in [0.4, 0.5) is 10.1 Å². The average molecular weight is 435 g/mol. The lowest BCUT2D eigenvalue weighted by atomic mass is 10.1. The molecule has 1 saturated heterocycles. The number of aliphatic hydroxyl groups excluding tert-OH is 1. The third-order valence-electron chi connectivity index (χ3n) is 3.97. The molecule has 1 aliphatic heterocycles. The summed E-state index contributed by atoms with van der Waals surface area (Å²) in [5.74, 6) is -1.25. The third kappa shape index (κ3) is 4.45. The number of halogens is 2. The monoisotopic (exact) mass is 434 g/mol. The van der Waals surface area contributed by atoms with Gasteiger partial charge in [-0.1, -0.05) is 11.6 Å². The third-order valence-corrected chi connectivity index (χ3v) is 6.78. The van der Waals surface area contributed by atoms with Gasteiger partial charge < -0.3 is 10.4 Å². The van der Waals surface area contributed by atoms with Crippen molar-refractivity contribution in [2.75, 3.05) is 18.5 Å². The van der Waals surface area contributed by atoms with Crippen LogP contribution in [0.2, 0.25) is 5.02 Å². The van der Waals surface area contributed by atoms with Crippen LogP contribution in [0.25, 0.3) is 0 Å². The first-order chi connectivity index (χ1) is 12.8. The predicted molar refractivity (Wildman–Crippen MR) is 99.1 cm³/mol. The summed E-state index contributed by atoms with van der Waals surface area (Å²) in [6.07, 6.45) is 1.66. The molecule has 1 aliphatic rings. The molecule has 1 aromatic heterocycles. The number of nitrogens with one attached hydrogen (secondary N) is 2. The fourth-order valence-corrected chi connectivity index (χ4v) is 5.27. The first-order valence-corrected chi connectivity index (χ1v) is 10.6. The quantitative estimate of drug-likeness (QED) is 0.660. The molecule has 2 aromatic rings. The fraction of sp³-hybridized carbons (Fsp3) is 0.333. The lowest BCUT2D eigenvalue weighted by Crippen LogP contribution is -2.58. The summed E-state index contributed by atoms with van der Waals surface area (Å²) in [5, 5.41) is 13.8. The Morgan fingerprint density at radius 3 is 2.93 bits per heavy atom. The minimum Gasteiger partial charge on any atom is -0.395 e. The van der Waals surface area contributed by atoms with Gasteiger partial charge in [0.1, 0.15) is 16.9 Å². The maximum absolute atomic E-state index is 13.3. The van der Waals surface area contributed by atoms with E-state index in [2.05, 4.69) is 15.0 Å². The van der Waals surface area contributed by atoms with Crippen molar-refractivity contribution in [3.05, 3.63) is 45.6 Å². The lowest BCUT2D eigenvalue weighted by molar-refractivity contribution is -0.120. The van der Waals surface area contributed by atoms with Gasteiger partial charge in [-0.2, -0.15) is 17.4 Å². The average Bonchev–Trinajstić information content (AvgIpc) is 3.14. The molecule has 27 heavy (non-hydrogen) atoms. The highest BCUT2D eigenvalue weighted by molar-refractivity contribution is 7.87. The number of nitrogens with zero attached hydrogens (tertiary/aromatic N) is 2. The van der Waals surface area contributed by atoms with E-state index in [0.717, 1.165) is 10.4 Å². The highest BCUT2D eigenvalue weighted by atomic mass is 35.5. The van der Waals surface area contributed by atoms with Gasteiger partial charge in [-0.3, -0.25) is 4.79 Å². The molecule has 0 bridgehead atoms. The van der Waals surface area contributed by atoms with Crippen LogP contribution < -0.4 is 10.0 Å². The van der Waals surface area contributed by atoms with Crippen molar-refractivity contribution in [1.82, 2.24) is 14.0 Å². The van der Waals surface area contributed by atoms with Gasteiger partial charge in [-0.15, -0.1) is 11.3 Å². The normalized spacial score (nSPS) is 22.5. The topological polar surface area (TPSA) is 112 Å². The number of aliphatic hydroxyl groups is 1. The van der Waals surface area contributed by atoms with Crippen molar-refractivity contribution >= 4 is 44.7 Å². The van der Waals surface area contributed by atoms with E-state index >= 15 is 0 Å². The number of β-amino-alcohol motifs (C(OH)–C–C–N with tert-alkyl or cyclic N) is 1. The van der Waals surface area contributed by atoms with E-state index in [1.54, 1.807) is 11.6 Å². The molecule has 1 amide bonds. The smallest absolute Gasteiger partial charge is 0.280 e. The van der Waals surface area contributed by atoms with E-state index in [9.17, 15) is 22.7 Å². The SMILES string of the molecule is O=C(Nc1ccc(F)c(Cl)c1)[C@@H]1C[C@H](c2nccs2)NS(=O)(=O)N1CCO. The number of thiazole rings is 1. The summed E-state index contributed by atoms with van der Waals surface area (Å²) < 4.78 is 41.8. The molecule has 1 aromatic carbocycles. The van der Waals surface area contributed by atoms with Gasteiger partial charge in [0.25, 0.3) is 10.2 Å². The molecule has 0 saturated carbocycles. The van der Waals surface area contributed by atoms with E-state index in [1.807, 2.05) is 0 Å². The Bertz CT molecular complexity index is 926. The Balaban J connectivity index is 1.87. The number of hydrogen-bond donors (Lipinski definition) is 3. The summed E-state index contributed by atoms with van der Waals surface area (Å²) in [6, 6.07) is 1.90. The van der Waals surface area contributed by atoms with Crippen molar-refractivity contribution in [2.24, 2.45) is 0 Å². The zero-order valence-corrected chi connectivity index (χ0v) is 16.2. The zero-order valence-electron chi connectivity index (χ0n) is 13.8. The molecule has 0 radical (unpaired) electrons. The molecule has 2 heterocycles. The minimum absolute atomic E-state index is 0.119. The zero-order chi connectivity index (χ0) is 19.6. The summed E-state index contributed by atoms with van der Waals surface area (Å²) in [7, 11) is -4.02. The number of rotatable bonds is 5. The Labute approximate surface area is 164 Å². The van der Waals surface area contributed by atoms with E-state index in [0.29, 0.717) is 5.01 Å². The minimum atomic E-state index is -4.02. The van der Waals surface area contributed by atoms with Gasteiger partial charge in [0.2, 0.25) is 5.91 Å². The standard InChI is InChI=1S/C15H16ClFN4O4S2/c16-10-7-9(1-2-11(10)17)19-14(23)13-8-12(15-18-3-6-26-15)20-27(24,25)21(13)4-5-22/h1-3,6-7,12-13,20,22H,4-5,8H2,(H,19,23)/t12-,13+/m1/s1. The van der Waals surface area contributed by atoms with Crippen LogP contribution in [-0.2, 0) is 15.0 Å². The second-order valence-corrected chi connectivity index (χ2v) is 8.74. The molecule has 2 atom stereocenters. The van der Waals surface area contributed by atoms with Crippen LogP contribution >= 0.6 is 22.9 Å². The largest absolute Gasteiger partial charge is 0.395 e. The second-order valence-electron chi connectivity index (χ2n) is 5.75. The van der Waals surface area contributed by atoms with E-state index < -0.39 is 40.6 Å². The number of benzene rings is 1. The van der Waals surface area contributed by atoms with Gasteiger partial charge in [0, 0.05) is 23.8 Å². The van der Waals surface area contributed by atoms with Crippen LogP contribution in [0.5, 0.6) is 0 Å². The van der Waals surface area contributed by atoms with Gasteiger partial charge >= 0.3 is 0 Å². The Hall–Kier alpha value is -1.63. The number of hydrogen-bond acceptors (Lipinski definition) is 6. The molecular formula is C15H16ClFN4O4S2. The molecule has 146 valence electrons. The Morgan fingerprint density at radius 1 is 1.52 bits per heavy atom. The van der Waals surface area contributed by atoms with Gasteiger partial charge in [-0.05, 0) is 24.6 Å². The van der Waals surface area contributed by atoms with Crippen LogP contribution in [0.1, 0.15) is 17.5 Å². The predicted octanol–water partition coefficient (Wildman–Crippen LogP) is 1.52. The molecule has 12 heteroatoms. The molecule has 8 nitrogen and oxygen atoms in total. The Kier molecular flexibility index (Phi) is 6.08. The molecule has 0 unspecified atom stereocenters. The molecule has 1 fully saturated rings. The molecule has 0 spiro atoms. The lowest BCUT2D eigenvalue weighted by Gasteiger charge is -2.37. The van der Waals surface area contributed by atoms with Gasteiger partial charge in [0.05, 0.1) is 17.7 Å². The second kappa shape index (κ2) is 8.17. The van der Waals surface area contributed by atoms with E-state index in [1.165, 1.54) is 23.5 Å². The number of amides is 1. The molecule has 3 rings (SSSR count). The molecule has 0 aliphatic carbocycles. The first kappa shape index (κ1) is 20.1. The maximum atomic E-state index is 13.3. The van der Waals surface area contributed by atoms with Gasteiger partial charge in [0.15, 0.2) is 0 Å². The van der Waals surface area contributed by atoms with Crippen LogP contribution in [0.3, 0.4) is 0 Å². The number of carbonyl (C=O) groups excluding carboxylic acids is 1. The van der Waals surface area contributed by atoms with E-state index in [-0.39, 0.29) is 23.7 Å². The summed E-state index contributed by atoms with van der Waals surface area (Å²) in [5.41, 5.74) is 0.233. The van der Waals surface area contributed by atoms with Crippen molar-refractivity contribution in [3.8, 4) is 0 Å². The molecular weight excluding hydrogens is 419 g/mol. The highest BCUT2D eigenvalue weighted by Crippen LogP contribution is 2.30. The van der Waals surface area contributed by atoms with Gasteiger partial charge in [-0.25, -0.2) is 9.37 Å². The summed E-state index contributed by atoms with van der Waals surface area (Å²) >= 11 is 6.98. The van der Waals surface area contributed by atoms with Crippen molar-refractivity contribution in [3.63, 3.8) is 0 Å². The van der Waals surface area contributed by atoms with Crippen molar-refractivity contribution in [1.29, 1.82) is 0 Å². The highest BCUT2D eigenvalue weighted by Gasteiger charge is 2.43. The Morgan fingerprint density at radius 2 is 2.30 bits per heavy atom. The first-order valence-electron chi connectivity index (χ1n) is 7.87. The summed E-state index contributed by atoms with van der Waals surface area (Å²) in [4.78, 5) is 16.9. The maximum Gasteiger partial charge on any atom is 0.280 e. The van der Waals surface area contributed by atoms with Crippen molar-refractivity contribution in [2.45, 2.75) is 18.5 Å². The number of carbonyl (C=O) groups is 1. The fourth-order valence-electron chi connectivity index (χ4n) is 2.77. The van der Waals surface area contributed by atoms with Crippen LogP contribution in [0.15, 0.2) is 29.8 Å². The number of aromatic nitrogens is 1. The van der Waals surface area contributed by atoms with Crippen LogP contribution in [0, 0.1) is 5.82 Å². The summed E-state index contributed by atoms with van der Waals surface area (Å²) in [6.45, 7) is -0.697. The number of anilines is 1. The van der Waals surface area contributed by atoms with Crippen molar-refractivity contribution < 1.29 is 22.7 Å². The molecule has 3 N–H and O–H groups in total. The van der Waals surface area contributed by atoms with E-state index in [4.69, 9.17) is 11.6 Å². The van der Waals surface area contributed by atoms with Crippen LogP contribution in [-0.4, -0.2) is 47.9 Å².